The van der Waals surface area contributed by atoms with Gasteiger partial charge in [-0.15, -0.1) is 0 Å². The van der Waals surface area contributed by atoms with Crippen molar-refractivity contribution < 1.29 is 8.83 Å². The molecule has 0 fully saturated rings. The fraction of sp³-hybridized carbons (Fsp3) is 0. The van der Waals surface area contributed by atoms with E-state index in [2.05, 4.69) is 133 Å². The summed E-state index contributed by atoms with van der Waals surface area (Å²) in [6.45, 7) is 0. The van der Waals surface area contributed by atoms with Crippen LogP contribution in [0.25, 0.3) is 111 Å². The van der Waals surface area contributed by atoms with E-state index in [4.69, 9.17) is 18.8 Å². The van der Waals surface area contributed by atoms with Gasteiger partial charge >= 0.3 is 0 Å². The smallest absolute Gasteiger partial charge is 0.160 e. The molecule has 0 N–H and O–H groups in total. The Morgan fingerprint density at radius 3 is 1.54 bits per heavy atom. The van der Waals surface area contributed by atoms with Crippen LogP contribution in [-0.4, -0.2) is 9.97 Å². The summed E-state index contributed by atoms with van der Waals surface area (Å²) in [7, 11) is 0. The minimum absolute atomic E-state index is 0.684. The summed E-state index contributed by atoms with van der Waals surface area (Å²) in [4.78, 5) is 10.1. The van der Waals surface area contributed by atoms with Crippen LogP contribution in [0.15, 0.2) is 203 Å². The van der Waals surface area contributed by atoms with Gasteiger partial charge in [-0.25, -0.2) is 9.97 Å². The maximum Gasteiger partial charge on any atom is 0.160 e. The second-order valence-electron chi connectivity index (χ2n) is 14.1. The van der Waals surface area contributed by atoms with Gasteiger partial charge in [0.25, 0.3) is 0 Å². The van der Waals surface area contributed by atoms with Crippen molar-refractivity contribution in [3.63, 3.8) is 0 Å². The highest BCUT2D eigenvalue weighted by Gasteiger charge is 2.19. The molecule has 4 nitrogen and oxygen atoms in total. The van der Waals surface area contributed by atoms with Gasteiger partial charge < -0.3 is 8.83 Å². The van der Waals surface area contributed by atoms with Crippen LogP contribution in [0.2, 0.25) is 0 Å². The molecule has 0 spiro atoms. The molecule has 0 aliphatic rings. The lowest BCUT2D eigenvalue weighted by molar-refractivity contribution is 0.669. The highest BCUT2D eigenvalue weighted by molar-refractivity contribution is 6.16. The first kappa shape index (κ1) is 31.9. The molecular formula is C52H32N2O2. The Labute approximate surface area is 323 Å². The minimum Gasteiger partial charge on any atom is -0.456 e. The van der Waals surface area contributed by atoms with Crippen LogP contribution < -0.4 is 0 Å². The molecule has 11 aromatic rings. The standard InChI is InChI=1S/C52H32N2O2/c1-3-12-35(13-4-1)44-32-45(36-14-5-2-6-15-36)54-52(53-44)38-28-24-33(25-29-38)39-30-31-48-50(43-17-8-10-21-47(43)55-48)49(39)37-26-22-34(23-27-37)40-18-11-19-42-41-16-7-9-20-46(41)56-51(40)42/h1-32H. The summed E-state index contributed by atoms with van der Waals surface area (Å²) >= 11 is 0. The molecule has 0 unspecified atom stereocenters. The van der Waals surface area contributed by atoms with Crippen molar-refractivity contribution in [2.75, 3.05) is 0 Å². The van der Waals surface area contributed by atoms with Crippen molar-refractivity contribution in [1.29, 1.82) is 0 Å². The number of hydrogen-bond acceptors (Lipinski definition) is 4. The Kier molecular flexibility index (Phi) is 7.46. The summed E-state index contributed by atoms with van der Waals surface area (Å²) < 4.78 is 12.8. The molecule has 0 radical (unpaired) electrons. The van der Waals surface area contributed by atoms with E-state index >= 15 is 0 Å². The summed E-state index contributed by atoms with van der Waals surface area (Å²) in [6, 6.07) is 67.3. The van der Waals surface area contributed by atoms with Gasteiger partial charge in [-0.2, -0.15) is 0 Å². The number of para-hydroxylation sites is 3. The third-order valence-electron chi connectivity index (χ3n) is 10.8. The van der Waals surface area contributed by atoms with Crippen LogP contribution in [0.4, 0.5) is 0 Å². The molecule has 0 aliphatic carbocycles. The van der Waals surface area contributed by atoms with Crippen molar-refractivity contribution in [3.8, 4) is 67.3 Å². The summed E-state index contributed by atoms with van der Waals surface area (Å²) in [5.41, 5.74) is 15.0. The summed E-state index contributed by atoms with van der Waals surface area (Å²) in [5.74, 6) is 0.684. The van der Waals surface area contributed by atoms with Crippen molar-refractivity contribution in [1.82, 2.24) is 9.97 Å². The normalized spacial score (nSPS) is 11.6. The van der Waals surface area contributed by atoms with Crippen LogP contribution in [-0.2, 0) is 0 Å². The van der Waals surface area contributed by atoms with Crippen LogP contribution in [0, 0.1) is 0 Å². The van der Waals surface area contributed by atoms with Gasteiger partial charge in [0.15, 0.2) is 5.82 Å². The van der Waals surface area contributed by atoms with Gasteiger partial charge in [0.2, 0.25) is 0 Å². The van der Waals surface area contributed by atoms with Gasteiger partial charge in [0, 0.05) is 49.4 Å². The monoisotopic (exact) mass is 716 g/mol. The van der Waals surface area contributed by atoms with Crippen molar-refractivity contribution >= 4 is 43.9 Å². The first-order chi connectivity index (χ1) is 27.7. The van der Waals surface area contributed by atoms with E-state index in [0.29, 0.717) is 5.82 Å². The molecule has 8 aromatic carbocycles. The summed E-state index contributed by atoms with van der Waals surface area (Å²) in [5, 5.41) is 4.44. The maximum absolute atomic E-state index is 6.42. The molecule has 0 atom stereocenters. The van der Waals surface area contributed by atoms with Crippen molar-refractivity contribution in [2.45, 2.75) is 0 Å². The number of hydrogen-bond donors (Lipinski definition) is 0. The lowest BCUT2D eigenvalue weighted by Crippen LogP contribution is -1.96. The molecular weight excluding hydrogens is 685 g/mol. The molecule has 0 amide bonds. The SMILES string of the molecule is c1ccc(-c2cc(-c3ccccc3)nc(-c3ccc(-c4ccc5oc6ccccc6c5c4-c4ccc(-c5cccc6c5oc5ccccc56)cc4)cc3)n2)cc1. The van der Waals surface area contributed by atoms with Gasteiger partial charge in [0.05, 0.1) is 11.4 Å². The van der Waals surface area contributed by atoms with E-state index in [9.17, 15) is 0 Å². The molecule has 0 saturated carbocycles. The first-order valence-electron chi connectivity index (χ1n) is 18.8. The third kappa shape index (κ3) is 5.39. The number of aromatic nitrogens is 2. The number of nitrogens with zero attached hydrogens (tertiary/aromatic N) is 2. The number of benzene rings is 8. The van der Waals surface area contributed by atoms with E-state index in [0.717, 1.165) is 105 Å². The highest BCUT2D eigenvalue weighted by atomic mass is 16.3. The van der Waals surface area contributed by atoms with E-state index in [1.165, 1.54) is 0 Å². The number of rotatable bonds is 6. The van der Waals surface area contributed by atoms with Crippen molar-refractivity contribution in [3.05, 3.63) is 194 Å². The van der Waals surface area contributed by atoms with Crippen LogP contribution in [0.3, 0.4) is 0 Å². The predicted molar refractivity (Wildman–Crippen MR) is 229 cm³/mol. The van der Waals surface area contributed by atoms with Crippen LogP contribution >= 0.6 is 0 Å². The Bertz CT molecular complexity index is 3160. The Morgan fingerprint density at radius 2 is 0.857 bits per heavy atom. The van der Waals surface area contributed by atoms with Crippen LogP contribution in [0.1, 0.15) is 0 Å². The average Bonchev–Trinajstić information content (AvgIpc) is 3.85. The molecule has 0 bridgehead atoms. The van der Waals surface area contributed by atoms with E-state index in [1.807, 2.05) is 60.7 Å². The first-order valence-corrected chi connectivity index (χ1v) is 18.8. The lowest BCUT2D eigenvalue weighted by atomic mass is 9.89. The Morgan fingerprint density at radius 1 is 0.321 bits per heavy atom. The third-order valence-corrected chi connectivity index (χ3v) is 10.8. The zero-order valence-electron chi connectivity index (χ0n) is 30.2. The maximum atomic E-state index is 6.42. The quantitative estimate of drug-likeness (QED) is 0.172. The number of fused-ring (bicyclic) bond motifs is 6. The van der Waals surface area contributed by atoms with Gasteiger partial charge in [-0.1, -0.05) is 170 Å². The second kappa shape index (κ2) is 13.1. The molecule has 3 aromatic heterocycles. The number of furan rings is 2. The molecule has 3 heterocycles. The van der Waals surface area contributed by atoms with E-state index in [1.54, 1.807) is 0 Å². The lowest BCUT2D eigenvalue weighted by Gasteiger charge is -2.14. The Balaban J connectivity index is 1.04. The molecule has 0 saturated heterocycles. The average molecular weight is 717 g/mol. The fourth-order valence-corrected chi connectivity index (χ4v) is 8.04. The zero-order valence-corrected chi connectivity index (χ0v) is 30.2. The molecule has 11 rings (SSSR count). The second-order valence-corrected chi connectivity index (χ2v) is 14.1. The van der Waals surface area contributed by atoms with Gasteiger partial charge in [0.1, 0.15) is 22.3 Å². The molecule has 262 valence electrons. The minimum atomic E-state index is 0.684. The fourth-order valence-electron chi connectivity index (χ4n) is 8.04. The van der Waals surface area contributed by atoms with Gasteiger partial charge in [-0.05, 0) is 46.5 Å². The summed E-state index contributed by atoms with van der Waals surface area (Å²) in [6.07, 6.45) is 0. The predicted octanol–water partition coefficient (Wildman–Crippen LogP) is 14.3. The molecule has 56 heavy (non-hydrogen) atoms. The molecule has 0 aliphatic heterocycles. The zero-order chi connectivity index (χ0) is 37.0. The van der Waals surface area contributed by atoms with E-state index < -0.39 is 0 Å². The van der Waals surface area contributed by atoms with Crippen LogP contribution in [0.5, 0.6) is 0 Å². The van der Waals surface area contributed by atoms with Crippen molar-refractivity contribution in [2.24, 2.45) is 0 Å². The topological polar surface area (TPSA) is 52.1 Å². The van der Waals surface area contributed by atoms with Gasteiger partial charge in [-0.3, -0.25) is 0 Å². The molecule has 4 heteroatoms. The highest BCUT2D eigenvalue weighted by Crippen LogP contribution is 2.44. The largest absolute Gasteiger partial charge is 0.456 e. The van der Waals surface area contributed by atoms with E-state index in [-0.39, 0.29) is 0 Å². The Hall–Kier alpha value is -7.56.